The summed E-state index contributed by atoms with van der Waals surface area (Å²) in [5.41, 5.74) is 1.11. The molecule has 0 fully saturated rings. The van der Waals surface area contributed by atoms with Crippen LogP contribution < -0.4 is 4.90 Å². The molecule has 0 aliphatic carbocycles. The van der Waals surface area contributed by atoms with Gasteiger partial charge < -0.3 is 15.1 Å². The van der Waals surface area contributed by atoms with Gasteiger partial charge in [0.25, 0.3) is 0 Å². The summed E-state index contributed by atoms with van der Waals surface area (Å²) >= 11 is 0. The lowest BCUT2D eigenvalue weighted by molar-refractivity contribution is -0.136. The van der Waals surface area contributed by atoms with E-state index in [1.165, 1.54) is 6.42 Å². The van der Waals surface area contributed by atoms with Crippen molar-refractivity contribution in [3.8, 4) is 0 Å². The molecule has 0 saturated heterocycles. The van der Waals surface area contributed by atoms with Crippen LogP contribution in [0.4, 0.5) is 5.69 Å². The van der Waals surface area contributed by atoms with Crippen molar-refractivity contribution in [3.63, 3.8) is 0 Å². The van der Waals surface area contributed by atoms with Crippen LogP contribution in [0.2, 0.25) is 0 Å². The van der Waals surface area contributed by atoms with Crippen molar-refractivity contribution in [2.75, 3.05) is 18.0 Å². The number of carbonyl (C=O) groups is 2. The smallest absolute Gasteiger partial charge is 0.335 e. The van der Waals surface area contributed by atoms with Gasteiger partial charge in [0.2, 0.25) is 0 Å². The number of carboxylic acids is 2. The second-order valence-corrected chi connectivity index (χ2v) is 5.04. The van der Waals surface area contributed by atoms with E-state index < -0.39 is 11.9 Å². The van der Waals surface area contributed by atoms with Crippen LogP contribution in [-0.4, -0.2) is 35.2 Å². The average Bonchev–Trinajstić information content (AvgIpc) is 2.46. The van der Waals surface area contributed by atoms with Gasteiger partial charge in [-0.15, -0.1) is 0 Å². The maximum absolute atomic E-state index is 10.8. The van der Waals surface area contributed by atoms with Crippen LogP contribution in [-0.2, 0) is 4.79 Å². The van der Waals surface area contributed by atoms with Gasteiger partial charge in [0, 0.05) is 18.8 Å². The lowest BCUT2D eigenvalue weighted by Crippen LogP contribution is -2.27. The predicted molar refractivity (Wildman–Crippen MR) is 82.0 cm³/mol. The highest BCUT2D eigenvalue weighted by Gasteiger charge is 2.10. The Labute approximate surface area is 125 Å². The minimum Gasteiger partial charge on any atom is -0.481 e. The molecule has 0 spiro atoms. The van der Waals surface area contributed by atoms with E-state index in [0.717, 1.165) is 31.5 Å². The number of carboxylic acid groups (broad SMARTS) is 2. The summed E-state index contributed by atoms with van der Waals surface area (Å²) < 4.78 is 0. The number of benzene rings is 1. The van der Waals surface area contributed by atoms with E-state index in [1.54, 1.807) is 24.3 Å². The molecule has 0 saturated carbocycles. The number of aliphatic carboxylic acids is 1. The van der Waals surface area contributed by atoms with E-state index in [-0.39, 0.29) is 12.0 Å². The molecular formula is C16H23NO4. The molecule has 0 amide bonds. The van der Waals surface area contributed by atoms with Gasteiger partial charge in [-0.2, -0.15) is 0 Å². The summed E-state index contributed by atoms with van der Waals surface area (Å²) in [6.07, 6.45) is 4.53. The maximum Gasteiger partial charge on any atom is 0.335 e. The van der Waals surface area contributed by atoms with Crippen molar-refractivity contribution in [3.05, 3.63) is 29.8 Å². The van der Waals surface area contributed by atoms with Crippen LogP contribution in [0.25, 0.3) is 0 Å². The molecule has 0 aromatic heterocycles. The molecule has 1 aromatic carbocycles. The number of anilines is 1. The van der Waals surface area contributed by atoms with Crippen LogP contribution in [0.5, 0.6) is 0 Å². The monoisotopic (exact) mass is 293 g/mol. The Kier molecular flexibility index (Phi) is 7.29. The average molecular weight is 293 g/mol. The summed E-state index contributed by atoms with van der Waals surface area (Å²) in [6.45, 7) is 3.38. The molecule has 0 radical (unpaired) electrons. The van der Waals surface area contributed by atoms with Gasteiger partial charge in [0.15, 0.2) is 0 Å². The van der Waals surface area contributed by atoms with Crippen molar-refractivity contribution in [2.24, 2.45) is 0 Å². The van der Waals surface area contributed by atoms with Gasteiger partial charge >= 0.3 is 11.9 Å². The third kappa shape index (κ3) is 6.29. The van der Waals surface area contributed by atoms with Crippen LogP contribution in [0.3, 0.4) is 0 Å². The third-order valence-electron chi connectivity index (χ3n) is 3.36. The first-order valence-electron chi connectivity index (χ1n) is 7.34. The van der Waals surface area contributed by atoms with Gasteiger partial charge in [-0.25, -0.2) is 4.79 Å². The van der Waals surface area contributed by atoms with E-state index in [9.17, 15) is 9.59 Å². The molecule has 21 heavy (non-hydrogen) atoms. The van der Waals surface area contributed by atoms with Crippen molar-refractivity contribution < 1.29 is 19.8 Å². The molecule has 5 heteroatoms. The van der Waals surface area contributed by atoms with Crippen molar-refractivity contribution in [1.82, 2.24) is 0 Å². The highest BCUT2D eigenvalue weighted by Crippen LogP contribution is 2.17. The topological polar surface area (TPSA) is 77.8 Å². The van der Waals surface area contributed by atoms with Crippen LogP contribution in [0.15, 0.2) is 24.3 Å². The fourth-order valence-electron chi connectivity index (χ4n) is 2.14. The lowest BCUT2D eigenvalue weighted by Gasteiger charge is -2.24. The van der Waals surface area contributed by atoms with Crippen molar-refractivity contribution in [2.45, 2.75) is 39.0 Å². The first-order chi connectivity index (χ1) is 10.0. The zero-order valence-electron chi connectivity index (χ0n) is 12.4. The fraction of sp³-hybridized carbons (Fsp3) is 0.500. The Morgan fingerprint density at radius 1 is 1.00 bits per heavy atom. The minimum absolute atomic E-state index is 0.0778. The summed E-state index contributed by atoms with van der Waals surface area (Å²) in [5, 5.41) is 17.7. The van der Waals surface area contributed by atoms with Gasteiger partial charge in [-0.1, -0.05) is 26.2 Å². The molecule has 0 heterocycles. The summed E-state index contributed by atoms with van der Waals surface area (Å²) in [4.78, 5) is 23.6. The number of rotatable bonds is 10. The van der Waals surface area contributed by atoms with E-state index in [0.29, 0.717) is 6.54 Å². The molecule has 116 valence electrons. The maximum atomic E-state index is 10.8. The number of aromatic carboxylic acids is 1. The first kappa shape index (κ1) is 17.0. The summed E-state index contributed by atoms with van der Waals surface area (Å²) in [6, 6.07) is 6.59. The molecule has 1 aromatic rings. The standard InChI is InChI=1S/C16H23NO4/c1-2-3-4-5-11-17(12-10-15(18)19)14-8-6-13(7-9-14)16(20)21/h6-9H,2-5,10-12H2,1H3,(H,18,19)(H,20,21). The number of hydrogen-bond acceptors (Lipinski definition) is 3. The lowest BCUT2D eigenvalue weighted by atomic mass is 10.1. The van der Waals surface area contributed by atoms with Gasteiger partial charge in [0.05, 0.1) is 12.0 Å². The third-order valence-corrected chi connectivity index (χ3v) is 3.36. The van der Waals surface area contributed by atoms with Gasteiger partial charge in [-0.3, -0.25) is 4.79 Å². The predicted octanol–water partition coefficient (Wildman–Crippen LogP) is 3.25. The Balaban J connectivity index is 2.68. The van der Waals surface area contributed by atoms with E-state index in [4.69, 9.17) is 10.2 Å². The summed E-state index contributed by atoms with van der Waals surface area (Å²) in [5.74, 6) is -1.78. The molecule has 0 bridgehead atoms. The van der Waals surface area contributed by atoms with Crippen molar-refractivity contribution in [1.29, 1.82) is 0 Å². The summed E-state index contributed by atoms with van der Waals surface area (Å²) in [7, 11) is 0. The molecular weight excluding hydrogens is 270 g/mol. The first-order valence-corrected chi connectivity index (χ1v) is 7.34. The Bertz CT molecular complexity index is 456. The molecule has 0 aliphatic heterocycles. The number of unbranched alkanes of at least 4 members (excludes halogenated alkanes) is 3. The van der Waals surface area contributed by atoms with Crippen LogP contribution >= 0.6 is 0 Å². The van der Waals surface area contributed by atoms with E-state index in [1.807, 2.05) is 4.90 Å². The zero-order valence-corrected chi connectivity index (χ0v) is 12.4. The van der Waals surface area contributed by atoms with E-state index >= 15 is 0 Å². The Morgan fingerprint density at radius 3 is 2.19 bits per heavy atom. The van der Waals surface area contributed by atoms with Crippen LogP contribution in [0, 0.1) is 0 Å². The SMILES string of the molecule is CCCCCCN(CCC(=O)O)c1ccc(C(=O)O)cc1. The second-order valence-electron chi connectivity index (χ2n) is 5.04. The fourth-order valence-corrected chi connectivity index (χ4v) is 2.14. The highest BCUT2D eigenvalue weighted by atomic mass is 16.4. The molecule has 1 rings (SSSR count). The quantitative estimate of drug-likeness (QED) is 0.647. The largest absolute Gasteiger partial charge is 0.481 e. The van der Waals surface area contributed by atoms with E-state index in [2.05, 4.69) is 6.92 Å². The second kappa shape index (κ2) is 9.00. The highest BCUT2D eigenvalue weighted by molar-refractivity contribution is 5.88. The Morgan fingerprint density at radius 2 is 1.67 bits per heavy atom. The molecule has 2 N–H and O–H groups in total. The molecule has 5 nitrogen and oxygen atoms in total. The Hall–Kier alpha value is -2.04. The van der Waals surface area contributed by atoms with Gasteiger partial charge in [0.1, 0.15) is 0 Å². The normalized spacial score (nSPS) is 10.3. The van der Waals surface area contributed by atoms with Crippen molar-refractivity contribution >= 4 is 17.6 Å². The minimum atomic E-state index is -0.957. The number of nitrogens with zero attached hydrogens (tertiary/aromatic N) is 1. The number of hydrogen-bond donors (Lipinski definition) is 2. The molecule has 0 aliphatic rings. The molecule has 0 unspecified atom stereocenters. The molecule has 0 atom stereocenters. The van der Waals surface area contributed by atoms with Gasteiger partial charge in [-0.05, 0) is 30.7 Å². The van der Waals surface area contributed by atoms with Crippen LogP contribution in [0.1, 0.15) is 49.4 Å². The zero-order chi connectivity index (χ0) is 15.7.